The summed E-state index contributed by atoms with van der Waals surface area (Å²) in [6, 6.07) is 14.6. The zero-order valence-electron chi connectivity index (χ0n) is 12.9. The smallest absolute Gasteiger partial charge is 0.0660 e. The van der Waals surface area contributed by atoms with Crippen LogP contribution in [0, 0.1) is 6.92 Å². The van der Waals surface area contributed by atoms with Crippen LogP contribution in [0.5, 0.6) is 0 Å². The Hall–Kier alpha value is -1.71. The van der Waals surface area contributed by atoms with Crippen molar-refractivity contribution in [1.29, 1.82) is 0 Å². The van der Waals surface area contributed by atoms with Crippen LogP contribution in [0.4, 0.5) is 11.4 Å². The highest BCUT2D eigenvalue weighted by molar-refractivity contribution is 6.33. The topological polar surface area (TPSA) is 32.5 Å². The van der Waals surface area contributed by atoms with Gasteiger partial charge in [0, 0.05) is 38.4 Å². The first kappa shape index (κ1) is 15.2. The van der Waals surface area contributed by atoms with Gasteiger partial charge in [-0.1, -0.05) is 41.9 Å². The normalized spacial score (nSPS) is 16.0. The van der Waals surface area contributed by atoms with Crippen LogP contribution in [0.25, 0.3) is 0 Å². The lowest BCUT2D eigenvalue weighted by Gasteiger charge is -2.36. The molecule has 0 saturated carbocycles. The van der Waals surface area contributed by atoms with Crippen LogP contribution in [0.2, 0.25) is 5.02 Å². The molecule has 2 aromatic rings. The largest absolute Gasteiger partial charge is 0.398 e. The number of hydrogen-bond donors (Lipinski definition) is 1. The minimum Gasteiger partial charge on any atom is -0.398 e. The van der Waals surface area contributed by atoms with Gasteiger partial charge in [0.2, 0.25) is 0 Å². The first-order valence-electron chi connectivity index (χ1n) is 7.70. The van der Waals surface area contributed by atoms with Gasteiger partial charge in [-0.25, -0.2) is 0 Å². The molecule has 0 amide bonds. The van der Waals surface area contributed by atoms with E-state index in [4.69, 9.17) is 17.3 Å². The van der Waals surface area contributed by atoms with Crippen LogP contribution in [-0.2, 0) is 6.54 Å². The zero-order chi connectivity index (χ0) is 15.5. The van der Waals surface area contributed by atoms with E-state index in [0.29, 0.717) is 0 Å². The van der Waals surface area contributed by atoms with Gasteiger partial charge in [0.25, 0.3) is 0 Å². The highest BCUT2D eigenvalue weighted by atomic mass is 35.5. The molecule has 0 bridgehead atoms. The minimum absolute atomic E-state index is 0.750. The van der Waals surface area contributed by atoms with Crippen molar-refractivity contribution in [3.05, 3.63) is 58.6 Å². The summed E-state index contributed by atoms with van der Waals surface area (Å²) < 4.78 is 0. The molecule has 116 valence electrons. The molecular formula is C18H22ClN3. The number of nitrogens with zero attached hydrogens (tertiary/aromatic N) is 2. The summed E-state index contributed by atoms with van der Waals surface area (Å²) in [5.74, 6) is 0. The number of hydrogen-bond acceptors (Lipinski definition) is 3. The lowest BCUT2D eigenvalue weighted by atomic mass is 10.1. The summed E-state index contributed by atoms with van der Waals surface area (Å²) in [6.45, 7) is 7.14. The van der Waals surface area contributed by atoms with E-state index in [9.17, 15) is 0 Å². The Kier molecular flexibility index (Phi) is 4.55. The molecule has 0 aromatic heterocycles. The second-order valence-corrected chi connectivity index (χ2v) is 6.32. The standard InChI is InChI=1S/C18H22ClN3/c1-14-11-18(16(19)12-17(14)20)22-9-7-21(8-10-22)13-15-5-3-2-4-6-15/h2-6,11-12H,7-10,13,20H2,1H3. The summed E-state index contributed by atoms with van der Waals surface area (Å²) in [5, 5.41) is 0.750. The summed E-state index contributed by atoms with van der Waals surface area (Å²) in [6.07, 6.45) is 0. The van der Waals surface area contributed by atoms with Crippen LogP contribution in [-0.4, -0.2) is 31.1 Å². The maximum atomic E-state index is 6.37. The van der Waals surface area contributed by atoms with E-state index in [1.165, 1.54) is 5.56 Å². The third kappa shape index (κ3) is 3.37. The molecule has 3 nitrogen and oxygen atoms in total. The van der Waals surface area contributed by atoms with Gasteiger partial charge in [0.1, 0.15) is 0 Å². The highest BCUT2D eigenvalue weighted by Gasteiger charge is 2.19. The predicted octanol–water partition coefficient (Wildman–Crippen LogP) is 3.55. The number of anilines is 2. The second-order valence-electron chi connectivity index (χ2n) is 5.91. The van der Waals surface area contributed by atoms with E-state index in [0.717, 1.165) is 54.7 Å². The fraction of sp³-hybridized carbons (Fsp3) is 0.333. The van der Waals surface area contributed by atoms with Crippen LogP contribution in [0.3, 0.4) is 0 Å². The van der Waals surface area contributed by atoms with E-state index < -0.39 is 0 Å². The first-order chi connectivity index (χ1) is 10.6. The van der Waals surface area contributed by atoms with Crippen molar-refractivity contribution < 1.29 is 0 Å². The molecule has 3 rings (SSSR count). The molecule has 4 heteroatoms. The third-order valence-corrected chi connectivity index (χ3v) is 4.60. The number of piperazine rings is 1. The predicted molar refractivity (Wildman–Crippen MR) is 94.5 cm³/mol. The molecular weight excluding hydrogens is 294 g/mol. The molecule has 2 N–H and O–H groups in total. The van der Waals surface area contributed by atoms with Gasteiger partial charge in [0.05, 0.1) is 10.7 Å². The van der Waals surface area contributed by atoms with Gasteiger partial charge in [-0.05, 0) is 30.2 Å². The van der Waals surface area contributed by atoms with Crippen LogP contribution >= 0.6 is 11.6 Å². The monoisotopic (exact) mass is 315 g/mol. The van der Waals surface area contributed by atoms with Crippen molar-refractivity contribution in [3.63, 3.8) is 0 Å². The maximum Gasteiger partial charge on any atom is 0.0660 e. The Morgan fingerprint density at radius 1 is 1.05 bits per heavy atom. The number of nitrogen functional groups attached to an aromatic ring is 1. The fourth-order valence-electron chi connectivity index (χ4n) is 2.91. The molecule has 1 saturated heterocycles. The third-order valence-electron chi connectivity index (χ3n) is 4.30. The molecule has 1 heterocycles. The highest BCUT2D eigenvalue weighted by Crippen LogP contribution is 2.31. The van der Waals surface area contributed by atoms with Gasteiger partial charge in [-0.15, -0.1) is 0 Å². The molecule has 1 fully saturated rings. The molecule has 0 radical (unpaired) electrons. The van der Waals surface area contributed by atoms with Crippen molar-refractivity contribution in [2.75, 3.05) is 36.8 Å². The number of benzene rings is 2. The van der Waals surface area contributed by atoms with Crippen molar-refractivity contribution >= 4 is 23.0 Å². The van der Waals surface area contributed by atoms with Crippen molar-refractivity contribution in [3.8, 4) is 0 Å². The number of rotatable bonds is 3. The Balaban J connectivity index is 1.63. The Bertz CT molecular complexity index is 634. The summed E-state index contributed by atoms with van der Waals surface area (Å²) >= 11 is 6.37. The Labute approximate surface area is 137 Å². The quantitative estimate of drug-likeness (QED) is 0.879. The van der Waals surface area contributed by atoms with Gasteiger partial charge < -0.3 is 10.6 Å². The molecule has 0 spiro atoms. The number of halogens is 1. The summed E-state index contributed by atoms with van der Waals surface area (Å²) in [7, 11) is 0. The SMILES string of the molecule is Cc1cc(N2CCN(Cc3ccccc3)CC2)c(Cl)cc1N. The fourth-order valence-corrected chi connectivity index (χ4v) is 3.20. The van der Waals surface area contributed by atoms with E-state index in [1.807, 2.05) is 13.0 Å². The summed E-state index contributed by atoms with van der Waals surface area (Å²) in [4.78, 5) is 4.85. The number of nitrogens with two attached hydrogens (primary N) is 1. The number of aryl methyl sites for hydroxylation is 1. The minimum atomic E-state index is 0.750. The van der Waals surface area contributed by atoms with E-state index in [-0.39, 0.29) is 0 Å². The molecule has 0 aliphatic carbocycles. The van der Waals surface area contributed by atoms with Crippen LogP contribution in [0.15, 0.2) is 42.5 Å². The van der Waals surface area contributed by atoms with Gasteiger partial charge >= 0.3 is 0 Å². The molecule has 22 heavy (non-hydrogen) atoms. The summed E-state index contributed by atoms with van der Waals surface area (Å²) in [5.41, 5.74) is 10.2. The average molecular weight is 316 g/mol. The average Bonchev–Trinajstić information content (AvgIpc) is 2.53. The van der Waals surface area contributed by atoms with Gasteiger partial charge in [-0.2, -0.15) is 0 Å². The second kappa shape index (κ2) is 6.59. The van der Waals surface area contributed by atoms with Crippen molar-refractivity contribution in [2.24, 2.45) is 0 Å². The van der Waals surface area contributed by atoms with Crippen molar-refractivity contribution in [1.82, 2.24) is 4.90 Å². The van der Waals surface area contributed by atoms with E-state index in [1.54, 1.807) is 0 Å². The molecule has 1 aliphatic rings. The first-order valence-corrected chi connectivity index (χ1v) is 8.08. The maximum absolute atomic E-state index is 6.37. The van der Waals surface area contributed by atoms with Crippen LogP contribution in [0.1, 0.15) is 11.1 Å². The Morgan fingerprint density at radius 3 is 2.41 bits per heavy atom. The Morgan fingerprint density at radius 2 is 1.73 bits per heavy atom. The van der Waals surface area contributed by atoms with Gasteiger partial charge in [0.15, 0.2) is 0 Å². The van der Waals surface area contributed by atoms with Gasteiger partial charge in [-0.3, -0.25) is 4.90 Å². The lowest BCUT2D eigenvalue weighted by molar-refractivity contribution is 0.250. The van der Waals surface area contributed by atoms with Crippen LogP contribution < -0.4 is 10.6 Å². The lowest BCUT2D eigenvalue weighted by Crippen LogP contribution is -2.46. The van der Waals surface area contributed by atoms with E-state index >= 15 is 0 Å². The molecule has 0 atom stereocenters. The zero-order valence-corrected chi connectivity index (χ0v) is 13.7. The van der Waals surface area contributed by atoms with Crippen molar-refractivity contribution in [2.45, 2.75) is 13.5 Å². The molecule has 2 aromatic carbocycles. The van der Waals surface area contributed by atoms with E-state index in [2.05, 4.69) is 46.2 Å². The molecule has 1 aliphatic heterocycles. The molecule has 0 unspecified atom stereocenters.